The lowest BCUT2D eigenvalue weighted by molar-refractivity contribution is -0.146. The lowest BCUT2D eigenvalue weighted by atomic mass is 9.74. The molecule has 0 bridgehead atoms. The van der Waals surface area contributed by atoms with Gasteiger partial charge in [0.15, 0.2) is 0 Å². The van der Waals surface area contributed by atoms with Crippen molar-refractivity contribution in [2.75, 3.05) is 0 Å². The van der Waals surface area contributed by atoms with E-state index in [1.54, 1.807) is 31.2 Å². The van der Waals surface area contributed by atoms with Crippen LogP contribution in [0.2, 0.25) is 5.02 Å². The van der Waals surface area contributed by atoms with E-state index in [4.69, 9.17) is 11.6 Å². The number of nitrogens with zero attached hydrogens (tertiary/aromatic N) is 4. The summed E-state index contributed by atoms with van der Waals surface area (Å²) in [6, 6.07) is 6.98. The summed E-state index contributed by atoms with van der Waals surface area (Å²) in [5.74, 6) is -1.41. The summed E-state index contributed by atoms with van der Waals surface area (Å²) < 4.78 is 0. The number of carbonyl (C=O) groups is 2. The molecule has 1 fully saturated rings. The Kier molecular flexibility index (Phi) is 5.22. The molecule has 2 atom stereocenters. The topological polar surface area (TPSA) is 110 Å². The molecule has 1 aromatic heterocycles. The van der Waals surface area contributed by atoms with Crippen molar-refractivity contribution in [3.05, 3.63) is 29.3 Å². The van der Waals surface area contributed by atoms with Crippen molar-refractivity contribution in [1.29, 1.82) is 0 Å². The van der Waals surface area contributed by atoms with Crippen LogP contribution in [0.25, 0.3) is 11.4 Å². The second kappa shape index (κ2) is 7.41. The molecule has 0 spiro atoms. The van der Waals surface area contributed by atoms with Gasteiger partial charge in [-0.2, -0.15) is 4.80 Å². The summed E-state index contributed by atoms with van der Waals surface area (Å²) in [6.07, 6.45) is 2.95. The highest BCUT2D eigenvalue weighted by molar-refractivity contribution is 6.30. The molecule has 26 heavy (non-hydrogen) atoms. The number of hydrogen-bond donors (Lipinski definition) is 2. The van der Waals surface area contributed by atoms with Gasteiger partial charge in [0.2, 0.25) is 11.7 Å². The molecule has 1 heterocycles. The van der Waals surface area contributed by atoms with Crippen molar-refractivity contribution < 1.29 is 14.7 Å². The fourth-order valence-electron chi connectivity index (χ4n) is 3.39. The summed E-state index contributed by atoms with van der Waals surface area (Å²) in [5, 5.41) is 24.9. The van der Waals surface area contributed by atoms with Crippen molar-refractivity contribution in [3.63, 3.8) is 0 Å². The fraction of sp³-hybridized carbons (Fsp3) is 0.471. The predicted octanol–water partition coefficient (Wildman–Crippen LogP) is 2.14. The van der Waals surface area contributed by atoms with E-state index >= 15 is 0 Å². The first-order valence-corrected chi connectivity index (χ1v) is 8.83. The minimum absolute atomic E-state index is 0.123. The van der Waals surface area contributed by atoms with E-state index in [1.165, 1.54) is 4.80 Å². The molecular formula is C17H20ClN5O3. The largest absolute Gasteiger partial charge is 0.481 e. The van der Waals surface area contributed by atoms with Gasteiger partial charge in [0.1, 0.15) is 6.54 Å². The number of amides is 1. The smallest absolute Gasteiger partial charge is 0.308 e. The van der Waals surface area contributed by atoms with E-state index in [9.17, 15) is 14.7 Å². The second-order valence-electron chi connectivity index (χ2n) is 6.75. The van der Waals surface area contributed by atoms with Gasteiger partial charge >= 0.3 is 5.97 Å². The molecule has 1 aromatic carbocycles. The Morgan fingerprint density at radius 1 is 1.35 bits per heavy atom. The minimum atomic E-state index is -0.878. The molecule has 2 N–H and O–H groups in total. The summed E-state index contributed by atoms with van der Waals surface area (Å²) in [6.45, 7) is 1.67. The van der Waals surface area contributed by atoms with Gasteiger partial charge in [-0.1, -0.05) is 24.4 Å². The first-order chi connectivity index (χ1) is 12.4. The molecule has 3 rings (SSSR count). The molecule has 8 nitrogen and oxygen atoms in total. The second-order valence-corrected chi connectivity index (χ2v) is 7.19. The SMILES string of the molecule is CC1(NC(=O)Cn2nnc(-c3ccc(Cl)cc3)n2)CCCCC1C(=O)O. The van der Waals surface area contributed by atoms with Gasteiger partial charge in [-0.25, -0.2) is 0 Å². The molecular weight excluding hydrogens is 358 g/mol. The molecule has 0 saturated heterocycles. The van der Waals surface area contributed by atoms with Crippen LogP contribution >= 0.6 is 11.6 Å². The van der Waals surface area contributed by atoms with Gasteiger partial charge in [0, 0.05) is 10.6 Å². The number of carboxylic acid groups (broad SMARTS) is 1. The molecule has 1 amide bonds. The Morgan fingerprint density at radius 2 is 2.08 bits per heavy atom. The third-order valence-corrected chi connectivity index (χ3v) is 5.02. The van der Waals surface area contributed by atoms with Crippen molar-refractivity contribution in [1.82, 2.24) is 25.5 Å². The average molecular weight is 378 g/mol. The molecule has 2 aromatic rings. The average Bonchev–Trinajstić information content (AvgIpc) is 3.03. The van der Waals surface area contributed by atoms with Gasteiger partial charge in [-0.05, 0) is 49.2 Å². The van der Waals surface area contributed by atoms with Gasteiger partial charge in [0.05, 0.1) is 11.5 Å². The Balaban J connectivity index is 1.66. The number of carboxylic acids is 1. The van der Waals surface area contributed by atoms with E-state index in [-0.39, 0.29) is 12.5 Å². The number of nitrogens with one attached hydrogen (secondary N) is 1. The van der Waals surface area contributed by atoms with Crippen LogP contribution in [-0.4, -0.2) is 42.7 Å². The molecule has 1 aliphatic rings. The zero-order chi connectivity index (χ0) is 18.7. The van der Waals surface area contributed by atoms with E-state index in [2.05, 4.69) is 20.7 Å². The number of hydrogen-bond acceptors (Lipinski definition) is 5. The van der Waals surface area contributed by atoms with Crippen LogP contribution in [0.4, 0.5) is 0 Å². The molecule has 138 valence electrons. The summed E-state index contributed by atoms with van der Waals surface area (Å²) in [4.78, 5) is 25.1. The number of aromatic nitrogens is 4. The normalized spacial score (nSPS) is 22.8. The highest BCUT2D eigenvalue weighted by Gasteiger charge is 2.42. The van der Waals surface area contributed by atoms with Crippen LogP contribution in [0.15, 0.2) is 24.3 Å². The number of benzene rings is 1. The lowest BCUT2D eigenvalue weighted by Crippen LogP contribution is -2.56. The van der Waals surface area contributed by atoms with Crippen LogP contribution in [-0.2, 0) is 16.1 Å². The Morgan fingerprint density at radius 3 is 2.77 bits per heavy atom. The van der Waals surface area contributed by atoms with Crippen LogP contribution in [0.1, 0.15) is 32.6 Å². The third-order valence-electron chi connectivity index (χ3n) is 4.77. The Labute approximate surface area is 155 Å². The van der Waals surface area contributed by atoms with E-state index in [0.717, 1.165) is 18.4 Å². The zero-order valence-electron chi connectivity index (χ0n) is 14.4. The molecule has 2 unspecified atom stereocenters. The molecule has 0 radical (unpaired) electrons. The van der Waals surface area contributed by atoms with Crippen LogP contribution in [0.5, 0.6) is 0 Å². The van der Waals surface area contributed by atoms with Crippen molar-refractivity contribution in [3.8, 4) is 11.4 Å². The van der Waals surface area contributed by atoms with Crippen LogP contribution in [0.3, 0.4) is 0 Å². The highest BCUT2D eigenvalue weighted by atomic mass is 35.5. The fourth-order valence-corrected chi connectivity index (χ4v) is 3.52. The number of aliphatic carboxylic acids is 1. The van der Waals surface area contributed by atoms with Gasteiger partial charge in [0.25, 0.3) is 0 Å². The number of rotatable bonds is 5. The van der Waals surface area contributed by atoms with Crippen LogP contribution < -0.4 is 5.32 Å². The van der Waals surface area contributed by atoms with Crippen molar-refractivity contribution in [2.24, 2.45) is 5.92 Å². The number of carbonyl (C=O) groups excluding carboxylic acids is 1. The van der Waals surface area contributed by atoms with Gasteiger partial charge in [-0.3, -0.25) is 9.59 Å². The third kappa shape index (κ3) is 4.01. The quantitative estimate of drug-likeness (QED) is 0.826. The predicted molar refractivity (Wildman–Crippen MR) is 94.4 cm³/mol. The maximum absolute atomic E-state index is 12.4. The maximum Gasteiger partial charge on any atom is 0.308 e. The lowest BCUT2D eigenvalue weighted by Gasteiger charge is -2.39. The first kappa shape index (κ1) is 18.3. The molecule has 9 heteroatoms. The monoisotopic (exact) mass is 377 g/mol. The summed E-state index contributed by atoms with van der Waals surface area (Å²) in [7, 11) is 0. The first-order valence-electron chi connectivity index (χ1n) is 8.45. The van der Waals surface area contributed by atoms with Gasteiger partial charge < -0.3 is 10.4 Å². The standard InChI is InChI=1S/C17H20ClN5O3/c1-17(9-3-2-4-13(17)16(25)26)19-14(24)10-23-21-15(20-22-23)11-5-7-12(18)8-6-11/h5-8,13H,2-4,9-10H2,1H3,(H,19,24)(H,25,26). The minimum Gasteiger partial charge on any atom is -0.481 e. The van der Waals surface area contributed by atoms with E-state index in [1.807, 2.05) is 0 Å². The van der Waals surface area contributed by atoms with E-state index < -0.39 is 17.4 Å². The van der Waals surface area contributed by atoms with Gasteiger partial charge in [-0.15, -0.1) is 10.2 Å². The van der Waals surface area contributed by atoms with E-state index in [0.29, 0.717) is 23.7 Å². The Hall–Kier alpha value is -2.48. The summed E-state index contributed by atoms with van der Waals surface area (Å²) >= 11 is 5.86. The molecule has 1 aliphatic carbocycles. The van der Waals surface area contributed by atoms with Crippen molar-refractivity contribution in [2.45, 2.75) is 44.7 Å². The Bertz CT molecular complexity index is 807. The van der Waals surface area contributed by atoms with Crippen molar-refractivity contribution >= 4 is 23.5 Å². The number of halogens is 1. The van der Waals surface area contributed by atoms with Crippen LogP contribution in [0, 0.1) is 5.92 Å². The summed E-state index contributed by atoms with van der Waals surface area (Å²) in [5.41, 5.74) is -0.0212. The maximum atomic E-state index is 12.4. The molecule has 0 aliphatic heterocycles. The molecule has 1 saturated carbocycles. The number of tetrazole rings is 1. The zero-order valence-corrected chi connectivity index (χ0v) is 15.1. The highest BCUT2D eigenvalue weighted by Crippen LogP contribution is 2.33.